The SMILES string of the molecule is CC1(C)c2ccccc2N(c2ccccc2)c2oc3c4c5c(cc3c21)N(c1ccccc1)c1ccccc1B5c1ccccc1N4c1ccccc1. The summed E-state index contributed by atoms with van der Waals surface area (Å²) < 4.78 is 7.48. The summed E-state index contributed by atoms with van der Waals surface area (Å²) in [5.74, 6) is 0.871. The second-order valence-electron chi connectivity index (χ2n) is 14.5. The molecule has 0 amide bonds. The van der Waals surface area contributed by atoms with E-state index in [2.05, 4.69) is 198 Å². The first-order valence-electron chi connectivity index (χ1n) is 18.1. The molecule has 5 heteroatoms. The summed E-state index contributed by atoms with van der Waals surface area (Å²) in [4.78, 5) is 7.25. The Morgan fingerprint density at radius 3 is 1.58 bits per heavy atom. The lowest BCUT2D eigenvalue weighted by atomic mass is 9.33. The van der Waals surface area contributed by atoms with Crippen LogP contribution in [0.5, 0.6) is 0 Å². The van der Waals surface area contributed by atoms with Crippen molar-refractivity contribution in [2.75, 3.05) is 14.7 Å². The monoisotopic (exact) mass is 667 g/mol. The first kappa shape index (κ1) is 29.3. The van der Waals surface area contributed by atoms with Crippen LogP contribution in [-0.2, 0) is 5.41 Å². The third-order valence-electron chi connectivity index (χ3n) is 11.4. The number of hydrogen-bond acceptors (Lipinski definition) is 4. The van der Waals surface area contributed by atoms with Gasteiger partial charge in [-0.15, -0.1) is 0 Å². The van der Waals surface area contributed by atoms with Crippen molar-refractivity contribution in [1.82, 2.24) is 0 Å². The maximum atomic E-state index is 7.48. The Bertz CT molecular complexity index is 2680. The molecule has 0 radical (unpaired) electrons. The van der Waals surface area contributed by atoms with Gasteiger partial charge >= 0.3 is 0 Å². The third-order valence-corrected chi connectivity index (χ3v) is 11.4. The number of hydrogen-bond donors (Lipinski definition) is 0. The van der Waals surface area contributed by atoms with Crippen molar-refractivity contribution >= 4 is 85.5 Å². The van der Waals surface area contributed by atoms with Gasteiger partial charge in [0.25, 0.3) is 6.71 Å². The van der Waals surface area contributed by atoms with Gasteiger partial charge in [0.2, 0.25) is 5.88 Å². The van der Waals surface area contributed by atoms with Crippen molar-refractivity contribution in [2.45, 2.75) is 19.3 Å². The topological polar surface area (TPSA) is 22.9 Å². The van der Waals surface area contributed by atoms with E-state index in [0.717, 1.165) is 45.3 Å². The second-order valence-corrected chi connectivity index (χ2v) is 14.5. The van der Waals surface area contributed by atoms with E-state index in [0.29, 0.717) is 0 Å². The Morgan fingerprint density at radius 2 is 0.962 bits per heavy atom. The van der Waals surface area contributed by atoms with Crippen LogP contribution < -0.4 is 31.1 Å². The van der Waals surface area contributed by atoms with Crippen LogP contribution in [0.2, 0.25) is 0 Å². The van der Waals surface area contributed by atoms with Gasteiger partial charge in [0.15, 0.2) is 5.58 Å². The Labute approximate surface area is 303 Å². The van der Waals surface area contributed by atoms with Crippen molar-refractivity contribution in [3.8, 4) is 0 Å². The molecule has 11 rings (SSSR count). The highest BCUT2D eigenvalue weighted by Crippen LogP contribution is 2.58. The van der Waals surface area contributed by atoms with Crippen molar-refractivity contribution in [3.05, 3.63) is 181 Å². The molecule has 8 aromatic rings. The zero-order valence-corrected chi connectivity index (χ0v) is 29.0. The first-order chi connectivity index (χ1) is 25.6. The van der Waals surface area contributed by atoms with Crippen molar-refractivity contribution in [2.24, 2.45) is 0 Å². The molecule has 0 unspecified atom stereocenters. The largest absolute Gasteiger partial charge is 0.437 e. The molecule has 246 valence electrons. The van der Waals surface area contributed by atoms with E-state index in [-0.39, 0.29) is 12.1 Å². The van der Waals surface area contributed by atoms with Crippen LogP contribution in [0, 0.1) is 0 Å². The molecule has 4 nitrogen and oxygen atoms in total. The fourth-order valence-electron chi connectivity index (χ4n) is 9.23. The van der Waals surface area contributed by atoms with Crippen LogP contribution in [0.1, 0.15) is 25.0 Å². The molecule has 0 atom stereocenters. The maximum absolute atomic E-state index is 7.48. The van der Waals surface area contributed by atoms with E-state index in [1.54, 1.807) is 0 Å². The highest BCUT2D eigenvalue weighted by Gasteiger charge is 2.48. The van der Waals surface area contributed by atoms with Gasteiger partial charge in [-0.1, -0.05) is 123 Å². The van der Waals surface area contributed by atoms with Gasteiger partial charge in [-0.05, 0) is 82.6 Å². The van der Waals surface area contributed by atoms with Gasteiger partial charge in [-0.3, -0.25) is 4.90 Å². The molecule has 4 heterocycles. The average molecular weight is 668 g/mol. The number of benzene rings is 7. The van der Waals surface area contributed by atoms with Gasteiger partial charge in [-0.25, -0.2) is 0 Å². The third kappa shape index (κ3) is 3.88. The smallest absolute Gasteiger partial charge is 0.252 e. The standard InChI is InChI=1S/C47H34BN3O/c1-47(2)35-24-12-15-27-38(35)51(33-22-10-5-11-23-33)46-42(47)34-30-41-43-44(45(34)52-46)50(32-20-8-4-9-21-32)40-29-17-14-26-37(40)48(43)36-25-13-16-28-39(36)49(41)31-18-6-3-7-19-31/h3-30H,1-2H3. The van der Waals surface area contributed by atoms with E-state index in [1.165, 1.54) is 44.6 Å². The van der Waals surface area contributed by atoms with Crippen LogP contribution in [0.4, 0.5) is 51.4 Å². The summed E-state index contributed by atoms with van der Waals surface area (Å²) in [6, 6.07) is 61.4. The maximum Gasteiger partial charge on any atom is 0.252 e. The molecule has 0 spiro atoms. The Hall–Kier alpha value is -6.46. The minimum atomic E-state index is -0.350. The predicted molar refractivity (Wildman–Crippen MR) is 217 cm³/mol. The molecule has 0 N–H and O–H groups in total. The number of para-hydroxylation sites is 6. The van der Waals surface area contributed by atoms with Crippen molar-refractivity contribution in [3.63, 3.8) is 0 Å². The molecule has 0 saturated heterocycles. The van der Waals surface area contributed by atoms with Gasteiger partial charge in [0.05, 0.1) is 11.4 Å². The van der Waals surface area contributed by atoms with Gasteiger partial charge in [0.1, 0.15) is 0 Å². The minimum Gasteiger partial charge on any atom is -0.437 e. The van der Waals surface area contributed by atoms with E-state index < -0.39 is 0 Å². The number of anilines is 9. The summed E-state index contributed by atoms with van der Waals surface area (Å²) in [6.45, 7) is 4.72. The second kappa shape index (κ2) is 10.8. The molecule has 0 bridgehead atoms. The molecule has 0 aliphatic carbocycles. The van der Waals surface area contributed by atoms with Crippen LogP contribution in [0.3, 0.4) is 0 Å². The van der Waals surface area contributed by atoms with E-state index in [9.17, 15) is 0 Å². The molecular weight excluding hydrogens is 633 g/mol. The number of rotatable bonds is 3. The summed E-state index contributed by atoms with van der Waals surface area (Å²) in [7, 11) is 0. The van der Waals surface area contributed by atoms with Crippen LogP contribution in [0.15, 0.2) is 174 Å². The summed E-state index contributed by atoms with van der Waals surface area (Å²) >= 11 is 0. The van der Waals surface area contributed by atoms with E-state index in [4.69, 9.17) is 4.42 Å². The quantitative estimate of drug-likeness (QED) is 0.175. The van der Waals surface area contributed by atoms with Crippen molar-refractivity contribution < 1.29 is 4.42 Å². The van der Waals surface area contributed by atoms with Gasteiger partial charge in [0, 0.05) is 50.5 Å². The highest BCUT2D eigenvalue weighted by molar-refractivity contribution is 7.00. The fraction of sp³-hybridized carbons (Fsp3) is 0.0638. The highest BCUT2D eigenvalue weighted by atomic mass is 16.4. The molecule has 52 heavy (non-hydrogen) atoms. The van der Waals surface area contributed by atoms with Crippen LogP contribution >= 0.6 is 0 Å². The number of furan rings is 1. The summed E-state index contributed by atoms with van der Waals surface area (Å²) in [6.07, 6.45) is 0. The van der Waals surface area contributed by atoms with Gasteiger partial charge in [-0.2, -0.15) is 0 Å². The molecule has 0 fully saturated rings. The number of nitrogens with zero attached hydrogens (tertiary/aromatic N) is 3. The molecule has 7 aromatic carbocycles. The predicted octanol–water partition coefficient (Wildman–Crippen LogP) is 10.6. The van der Waals surface area contributed by atoms with Crippen LogP contribution in [0.25, 0.3) is 11.0 Å². The lowest BCUT2D eigenvalue weighted by molar-refractivity contribution is 0.572. The molecule has 3 aliphatic heterocycles. The molecular formula is C47H34BN3O. The van der Waals surface area contributed by atoms with E-state index >= 15 is 0 Å². The normalized spacial score (nSPS) is 14.7. The van der Waals surface area contributed by atoms with Crippen LogP contribution in [-0.4, -0.2) is 6.71 Å². The summed E-state index contributed by atoms with van der Waals surface area (Å²) in [5, 5.41) is 1.13. The first-order valence-corrected chi connectivity index (χ1v) is 18.1. The molecule has 0 saturated carbocycles. The Balaban J connectivity index is 1.33. The lowest BCUT2D eigenvalue weighted by Gasteiger charge is -2.44. The van der Waals surface area contributed by atoms with Crippen molar-refractivity contribution in [1.29, 1.82) is 0 Å². The molecule has 1 aromatic heterocycles. The number of fused-ring (bicyclic) bond motifs is 9. The fourth-order valence-corrected chi connectivity index (χ4v) is 9.23. The minimum absolute atomic E-state index is 0.0132. The van der Waals surface area contributed by atoms with E-state index in [1.807, 2.05) is 0 Å². The average Bonchev–Trinajstić information content (AvgIpc) is 3.59. The van der Waals surface area contributed by atoms with Gasteiger partial charge < -0.3 is 14.2 Å². The zero-order chi connectivity index (χ0) is 34.6. The lowest BCUT2D eigenvalue weighted by Crippen LogP contribution is -2.61. The summed E-state index contributed by atoms with van der Waals surface area (Å²) in [5.41, 5.74) is 15.9. The zero-order valence-electron chi connectivity index (χ0n) is 29.0. The molecule has 3 aliphatic rings. The Kier molecular flexibility index (Phi) is 6.07. The Morgan fingerprint density at radius 1 is 0.481 bits per heavy atom.